The Bertz CT molecular complexity index is 558. The van der Waals surface area contributed by atoms with Gasteiger partial charge in [-0.1, -0.05) is 12.1 Å². The van der Waals surface area contributed by atoms with Crippen molar-refractivity contribution < 1.29 is 23.9 Å². The highest BCUT2D eigenvalue weighted by Crippen LogP contribution is 2.22. The number of benzene rings is 1. The molecule has 112 valence electrons. The van der Waals surface area contributed by atoms with E-state index in [1.807, 2.05) is 0 Å². The number of hydrogen-bond acceptors (Lipinski definition) is 5. The normalized spacial score (nSPS) is 17.0. The van der Waals surface area contributed by atoms with Crippen LogP contribution in [0.25, 0.3) is 0 Å². The molecule has 0 aromatic heterocycles. The smallest absolute Gasteiger partial charge is 0.329 e. The van der Waals surface area contributed by atoms with Crippen molar-refractivity contribution in [2.24, 2.45) is 0 Å². The molecule has 1 aromatic rings. The summed E-state index contributed by atoms with van der Waals surface area (Å²) < 4.78 is 9.97. The molecule has 1 aliphatic rings. The Kier molecular flexibility index (Phi) is 4.76. The molecule has 7 heteroatoms. The van der Waals surface area contributed by atoms with Crippen molar-refractivity contribution in [1.29, 1.82) is 0 Å². The van der Waals surface area contributed by atoms with Crippen LogP contribution >= 0.6 is 0 Å². The SMILES string of the molecule is COc1ccccc1NC(=O)COC(=O)C1CCC(=O)N1. The number of rotatable bonds is 5. The number of carbonyl (C=O) groups is 3. The van der Waals surface area contributed by atoms with E-state index >= 15 is 0 Å². The Morgan fingerprint density at radius 1 is 1.38 bits per heavy atom. The summed E-state index contributed by atoms with van der Waals surface area (Å²) in [6.45, 7) is -0.413. The Hall–Kier alpha value is -2.57. The van der Waals surface area contributed by atoms with Crippen LogP contribution in [0.5, 0.6) is 5.75 Å². The van der Waals surface area contributed by atoms with Gasteiger partial charge in [-0.2, -0.15) is 0 Å². The number of methoxy groups -OCH3 is 1. The lowest BCUT2D eigenvalue weighted by molar-refractivity contribution is -0.149. The maximum atomic E-state index is 11.7. The molecule has 1 unspecified atom stereocenters. The topological polar surface area (TPSA) is 93.7 Å². The molecular formula is C14H16N2O5. The summed E-state index contributed by atoms with van der Waals surface area (Å²) in [5, 5.41) is 5.07. The molecule has 0 aliphatic carbocycles. The molecule has 0 radical (unpaired) electrons. The molecule has 21 heavy (non-hydrogen) atoms. The van der Waals surface area contributed by atoms with Crippen molar-refractivity contribution in [2.45, 2.75) is 18.9 Å². The van der Waals surface area contributed by atoms with Gasteiger partial charge in [0.1, 0.15) is 11.8 Å². The van der Waals surface area contributed by atoms with Gasteiger partial charge in [0.25, 0.3) is 5.91 Å². The highest BCUT2D eigenvalue weighted by molar-refractivity contribution is 5.95. The number of ether oxygens (including phenoxy) is 2. The van der Waals surface area contributed by atoms with Gasteiger partial charge in [-0.05, 0) is 18.6 Å². The van der Waals surface area contributed by atoms with E-state index in [2.05, 4.69) is 10.6 Å². The van der Waals surface area contributed by atoms with Crippen LogP contribution in [-0.4, -0.2) is 37.5 Å². The minimum Gasteiger partial charge on any atom is -0.495 e. The van der Waals surface area contributed by atoms with Crippen molar-refractivity contribution >= 4 is 23.5 Å². The molecule has 2 rings (SSSR count). The molecule has 2 amide bonds. The molecule has 0 bridgehead atoms. The number of amides is 2. The molecule has 1 fully saturated rings. The largest absolute Gasteiger partial charge is 0.495 e. The van der Waals surface area contributed by atoms with Gasteiger partial charge in [0, 0.05) is 6.42 Å². The molecule has 1 saturated heterocycles. The van der Waals surface area contributed by atoms with E-state index in [-0.39, 0.29) is 5.91 Å². The van der Waals surface area contributed by atoms with E-state index in [0.29, 0.717) is 24.3 Å². The predicted molar refractivity (Wildman–Crippen MR) is 73.7 cm³/mol. The summed E-state index contributed by atoms with van der Waals surface area (Å²) in [6.07, 6.45) is 0.693. The summed E-state index contributed by atoms with van der Waals surface area (Å²) in [6, 6.07) is 6.25. The van der Waals surface area contributed by atoms with Crippen LogP contribution in [0.3, 0.4) is 0 Å². The van der Waals surface area contributed by atoms with E-state index in [1.165, 1.54) is 7.11 Å². The lowest BCUT2D eigenvalue weighted by Crippen LogP contribution is -2.36. The van der Waals surface area contributed by atoms with Crippen molar-refractivity contribution in [3.8, 4) is 5.75 Å². The van der Waals surface area contributed by atoms with Gasteiger partial charge >= 0.3 is 5.97 Å². The third-order valence-electron chi connectivity index (χ3n) is 3.01. The zero-order chi connectivity index (χ0) is 15.2. The van der Waals surface area contributed by atoms with Crippen molar-refractivity contribution in [1.82, 2.24) is 5.32 Å². The van der Waals surface area contributed by atoms with Crippen LogP contribution in [-0.2, 0) is 19.1 Å². The average molecular weight is 292 g/mol. The van der Waals surface area contributed by atoms with Crippen LogP contribution in [0.4, 0.5) is 5.69 Å². The van der Waals surface area contributed by atoms with Crippen LogP contribution in [0, 0.1) is 0 Å². The van der Waals surface area contributed by atoms with Gasteiger partial charge in [-0.15, -0.1) is 0 Å². The van der Waals surface area contributed by atoms with E-state index in [1.54, 1.807) is 24.3 Å². The minimum absolute atomic E-state index is 0.185. The van der Waals surface area contributed by atoms with Gasteiger partial charge in [-0.25, -0.2) is 4.79 Å². The van der Waals surface area contributed by atoms with E-state index in [0.717, 1.165) is 0 Å². The van der Waals surface area contributed by atoms with Crippen LogP contribution in [0.15, 0.2) is 24.3 Å². The summed E-state index contributed by atoms with van der Waals surface area (Å²) in [7, 11) is 1.49. The highest BCUT2D eigenvalue weighted by atomic mass is 16.5. The first kappa shape index (κ1) is 14.8. The standard InChI is InChI=1S/C14H16N2O5/c1-20-11-5-3-2-4-9(11)15-13(18)8-21-14(19)10-6-7-12(17)16-10/h2-5,10H,6-8H2,1H3,(H,15,18)(H,16,17). The van der Waals surface area contributed by atoms with Gasteiger partial charge in [-0.3, -0.25) is 9.59 Å². The Morgan fingerprint density at radius 2 is 2.14 bits per heavy atom. The second-order valence-electron chi connectivity index (χ2n) is 4.51. The first-order valence-electron chi connectivity index (χ1n) is 6.49. The van der Waals surface area contributed by atoms with Gasteiger partial charge in [0.2, 0.25) is 5.91 Å². The second kappa shape index (κ2) is 6.74. The monoisotopic (exact) mass is 292 g/mol. The number of esters is 1. The lowest BCUT2D eigenvalue weighted by Gasteiger charge is -2.12. The second-order valence-corrected chi connectivity index (χ2v) is 4.51. The Labute approximate surface area is 121 Å². The average Bonchev–Trinajstić information content (AvgIpc) is 2.92. The lowest BCUT2D eigenvalue weighted by atomic mass is 10.2. The van der Waals surface area contributed by atoms with Crippen LogP contribution in [0.1, 0.15) is 12.8 Å². The fraction of sp³-hybridized carbons (Fsp3) is 0.357. The zero-order valence-corrected chi connectivity index (χ0v) is 11.5. The predicted octanol–water partition coefficient (Wildman–Crippen LogP) is 0.455. The fourth-order valence-electron chi connectivity index (χ4n) is 1.96. The molecule has 1 aliphatic heterocycles. The Morgan fingerprint density at radius 3 is 2.81 bits per heavy atom. The first-order chi connectivity index (χ1) is 10.1. The molecule has 0 spiro atoms. The fourth-order valence-corrected chi connectivity index (χ4v) is 1.96. The van der Waals surface area contributed by atoms with Gasteiger partial charge in [0.15, 0.2) is 6.61 Å². The summed E-state index contributed by atoms with van der Waals surface area (Å²) >= 11 is 0. The number of carbonyl (C=O) groups excluding carboxylic acids is 3. The highest BCUT2D eigenvalue weighted by Gasteiger charge is 2.28. The maximum absolute atomic E-state index is 11.7. The van der Waals surface area contributed by atoms with Crippen LogP contribution < -0.4 is 15.4 Å². The molecule has 1 aromatic carbocycles. The van der Waals surface area contributed by atoms with Crippen molar-refractivity contribution in [3.05, 3.63) is 24.3 Å². The zero-order valence-electron chi connectivity index (χ0n) is 11.5. The first-order valence-corrected chi connectivity index (χ1v) is 6.49. The summed E-state index contributed by atoms with van der Waals surface area (Å²) in [5.74, 6) is -0.746. The van der Waals surface area contributed by atoms with Crippen LogP contribution in [0.2, 0.25) is 0 Å². The molecule has 7 nitrogen and oxygen atoms in total. The molecular weight excluding hydrogens is 276 g/mol. The summed E-state index contributed by atoms with van der Waals surface area (Å²) in [4.78, 5) is 34.4. The number of anilines is 1. The maximum Gasteiger partial charge on any atom is 0.329 e. The molecule has 1 atom stereocenters. The number of para-hydroxylation sites is 2. The Balaban J connectivity index is 1.82. The minimum atomic E-state index is -0.656. The summed E-state index contributed by atoms with van der Waals surface area (Å²) in [5.41, 5.74) is 0.496. The van der Waals surface area contributed by atoms with Crippen molar-refractivity contribution in [3.63, 3.8) is 0 Å². The molecule has 1 heterocycles. The molecule has 0 saturated carbocycles. The van der Waals surface area contributed by atoms with E-state index in [4.69, 9.17) is 9.47 Å². The third-order valence-corrected chi connectivity index (χ3v) is 3.01. The molecule has 2 N–H and O–H groups in total. The van der Waals surface area contributed by atoms with Gasteiger partial charge in [0.05, 0.1) is 12.8 Å². The number of hydrogen-bond donors (Lipinski definition) is 2. The quantitative estimate of drug-likeness (QED) is 0.769. The third kappa shape index (κ3) is 3.95. The van der Waals surface area contributed by atoms with E-state index in [9.17, 15) is 14.4 Å². The van der Waals surface area contributed by atoms with E-state index < -0.39 is 24.5 Å². The van der Waals surface area contributed by atoms with Gasteiger partial charge < -0.3 is 20.1 Å². The van der Waals surface area contributed by atoms with Crippen molar-refractivity contribution in [2.75, 3.05) is 19.0 Å². The number of nitrogens with one attached hydrogen (secondary N) is 2.